The van der Waals surface area contributed by atoms with Gasteiger partial charge >= 0.3 is 0 Å². The molecule has 1 aromatic heterocycles. The van der Waals surface area contributed by atoms with Crippen LogP contribution < -0.4 is 10.6 Å². The average Bonchev–Trinajstić information content (AvgIpc) is 3.05. The number of aliphatic imine (C=N–C) groups is 1. The van der Waals surface area contributed by atoms with Gasteiger partial charge in [-0.15, -0.1) is 24.0 Å². The van der Waals surface area contributed by atoms with Crippen molar-refractivity contribution in [1.82, 2.24) is 20.4 Å². The Balaban J connectivity index is 0.00000338. The van der Waals surface area contributed by atoms with E-state index in [4.69, 9.17) is 4.99 Å². The normalized spacial score (nSPS) is 11.8. The van der Waals surface area contributed by atoms with Gasteiger partial charge in [0.1, 0.15) is 0 Å². The SMILES string of the molecule is CCNC(=NCc1ccccc1Cn1cccn1)NCCC(C)(C)C.I. The van der Waals surface area contributed by atoms with Crippen molar-refractivity contribution >= 4 is 29.9 Å². The van der Waals surface area contributed by atoms with Gasteiger partial charge in [0.05, 0.1) is 13.1 Å². The first-order valence-electron chi connectivity index (χ1n) is 9.04. The summed E-state index contributed by atoms with van der Waals surface area (Å²) in [6.07, 6.45) is 4.90. The molecule has 0 saturated heterocycles. The van der Waals surface area contributed by atoms with Crippen LogP contribution in [0.15, 0.2) is 47.7 Å². The fourth-order valence-electron chi connectivity index (χ4n) is 2.50. The van der Waals surface area contributed by atoms with Gasteiger partial charge in [-0.3, -0.25) is 4.68 Å². The average molecular weight is 469 g/mol. The molecular weight excluding hydrogens is 437 g/mol. The van der Waals surface area contributed by atoms with E-state index in [0.29, 0.717) is 12.0 Å². The van der Waals surface area contributed by atoms with Crippen LogP contribution >= 0.6 is 24.0 Å². The van der Waals surface area contributed by atoms with E-state index < -0.39 is 0 Å². The first kappa shape index (κ1) is 22.5. The van der Waals surface area contributed by atoms with Gasteiger partial charge in [0.2, 0.25) is 0 Å². The fraction of sp³-hybridized carbons (Fsp3) is 0.500. The second-order valence-electron chi connectivity index (χ2n) is 7.40. The van der Waals surface area contributed by atoms with Gasteiger partial charge in [0, 0.05) is 25.5 Å². The summed E-state index contributed by atoms with van der Waals surface area (Å²) in [5.41, 5.74) is 2.80. The Morgan fingerprint density at radius 1 is 1.12 bits per heavy atom. The van der Waals surface area contributed by atoms with Crippen molar-refractivity contribution in [3.05, 3.63) is 53.9 Å². The summed E-state index contributed by atoms with van der Waals surface area (Å²) in [6, 6.07) is 10.4. The van der Waals surface area contributed by atoms with Crippen LogP contribution in [0.5, 0.6) is 0 Å². The van der Waals surface area contributed by atoms with Crippen molar-refractivity contribution < 1.29 is 0 Å². The molecule has 2 aromatic rings. The molecule has 0 aliphatic rings. The maximum Gasteiger partial charge on any atom is 0.191 e. The van der Waals surface area contributed by atoms with E-state index in [0.717, 1.165) is 32.0 Å². The Labute approximate surface area is 174 Å². The third-order valence-electron chi connectivity index (χ3n) is 3.93. The lowest BCUT2D eigenvalue weighted by atomic mass is 9.92. The summed E-state index contributed by atoms with van der Waals surface area (Å²) in [5.74, 6) is 0.876. The van der Waals surface area contributed by atoms with Crippen molar-refractivity contribution in [1.29, 1.82) is 0 Å². The number of guanidine groups is 1. The van der Waals surface area contributed by atoms with Gasteiger partial charge in [-0.2, -0.15) is 5.10 Å². The lowest BCUT2D eigenvalue weighted by Crippen LogP contribution is -2.38. The highest BCUT2D eigenvalue weighted by Gasteiger charge is 2.10. The van der Waals surface area contributed by atoms with Crippen molar-refractivity contribution in [2.45, 2.75) is 47.2 Å². The van der Waals surface area contributed by atoms with E-state index >= 15 is 0 Å². The van der Waals surface area contributed by atoms with E-state index in [2.05, 4.69) is 67.7 Å². The molecule has 1 heterocycles. The molecule has 0 bridgehead atoms. The minimum Gasteiger partial charge on any atom is -0.357 e. The Kier molecular flexibility index (Phi) is 9.69. The number of rotatable bonds is 7. The molecule has 0 atom stereocenters. The molecule has 0 unspecified atom stereocenters. The molecule has 2 N–H and O–H groups in total. The second kappa shape index (κ2) is 11.2. The number of aromatic nitrogens is 2. The zero-order chi connectivity index (χ0) is 18.1. The molecule has 26 heavy (non-hydrogen) atoms. The molecule has 2 rings (SSSR count). The number of nitrogens with one attached hydrogen (secondary N) is 2. The van der Waals surface area contributed by atoms with Gasteiger partial charge in [0.25, 0.3) is 0 Å². The maximum absolute atomic E-state index is 4.76. The number of hydrogen-bond donors (Lipinski definition) is 2. The molecule has 0 amide bonds. The first-order valence-corrected chi connectivity index (χ1v) is 9.04. The predicted octanol–water partition coefficient (Wildman–Crippen LogP) is 4.04. The summed E-state index contributed by atoms with van der Waals surface area (Å²) in [4.78, 5) is 4.76. The Morgan fingerprint density at radius 2 is 1.85 bits per heavy atom. The van der Waals surface area contributed by atoms with E-state index in [-0.39, 0.29) is 24.0 Å². The van der Waals surface area contributed by atoms with Crippen LogP contribution in [0.25, 0.3) is 0 Å². The first-order chi connectivity index (χ1) is 12.0. The van der Waals surface area contributed by atoms with Crippen molar-refractivity contribution in [2.75, 3.05) is 13.1 Å². The Bertz CT molecular complexity index is 659. The van der Waals surface area contributed by atoms with Crippen LogP contribution in [0.1, 0.15) is 45.2 Å². The summed E-state index contributed by atoms with van der Waals surface area (Å²) in [7, 11) is 0. The van der Waals surface area contributed by atoms with Crippen LogP contribution in [-0.2, 0) is 13.1 Å². The number of nitrogens with zero attached hydrogens (tertiary/aromatic N) is 3. The summed E-state index contributed by atoms with van der Waals surface area (Å²) < 4.78 is 1.94. The Hall–Kier alpha value is -1.57. The van der Waals surface area contributed by atoms with Gasteiger partial charge in [-0.1, -0.05) is 45.0 Å². The molecular formula is C20H32IN5. The monoisotopic (exact) mass is 469 g/mol. The zero-order valence-electron chi connectivity index (χ0n) is 16.3. The minimum absolute atomic E-state index is 0. The summed E-state index contributed by atoms with van der Waals surface area (Å²) in [5, 5.41) is 11.1. The van der Waals surface area contributed by atoms with Crippen molar-refractivity contribution in [3.8, 4) is 0 Å². The van der Waals surface area contributed by atoms with Crippen molar-refractivity contribution in [2.24, 2.45) is 10.4 Å². The smallest absolute Gasteiger partial charge is 0.191 e. The molecule has 1 aromatic carbocycles. The van der Waals surface area contributed by atoms with Gasteiger partial charge in [-0.25, -0.2) is 4.99 Å². The third kappa shape index (κ3) is 8.21. The highest BCUT2D eigenvalue weighted by molar-refractivity contribution is 14.0. The van der Waals surface area contributed by atoms with Crippen molar-refractivity contribution in [3.63, 3.8) is 0 Å². The van der Waals surface area contributed by atoms with E-state index in [1.165, 1.54) is 11.1 Å². The number of benzene rings is 1. The Morgan fingerprint density at radius 3 is 2.46 bits per heavy atom. The van der Waals surface area contributed by atoms with Gasteiger partial charge < -0.3 is 10.6 Å². The second-order valence-corrected chi connectivity index (χ2v) is 7.40. The quantitative estimate of drug-likeness (QED) is 0.366. The van der Waals surface area contributed by atoms with Crippen LogP contribution in [0, 0.1) is 5.41 Å². The molecule has 0 saturated carbocycles. The minimum atomic E-state index is 0. The van der Waals surface area contributed by atoms with E-state index in [9.17, 15) is 0 Å². The lowest BCUT2D eigenvalue weighted by Gasteiger charge is -2.19. The van der Waals surface area contributed by atoms with Crippen LogP contribution in [0.2, 0.25) is 0 Å². The highest BCUT2D eigenvalue weighted by Crippen LogP contribution is 2.17. The molecule has 0 aliphatic heterocycles. The summed E-state index contributed by atoms with van der Waals surface area (Å²) >= 11 is 0. The highest BCUT2D eigenvalue weighted by atomic mass is 127. The molecule has 0 fully saturated rings. The van der Waals surface area contributed by atoms with Gasteiger partial charge in [-0.05, 0) is 36.0 Å². The molecule has 0 aliphatic carbocycles. The summed E-state index contributed by atoms with van der Waals surface area (Å²) in [6.45, 7) is 12.1. The molecule has 144 valence electrons. The maximum atomic E-state index is 4.76. The fourth-order valence-corrected chi connectivity index (χ4v) is 2.50. The van der Waals surface area contributed by atoms with Crippen LogP contribution in [-0.4, -0.2) is 28.8 Å². The predicted molar refractivity (Wildman–Crippen MR) is 120 cm³/mol. The largest absolute Gasteiger partial charge is 0.357 e. The topological polar surface area (TPSA) is 54.2 Å². The number of hydrogen-bond acceptors (Lipinski definition) is 2. The molecule has 0 spiro atoms. The molecule has 5 nitrogen and oxygen atoms in total. The van der Waals surface area contributed by atoms with Crippen LogP contribution in [0.3, 0.4) is 0 Å². The lowest BCUT2D eigenvalue weighted by molar-refractivity contribution is 0.377. The van der Waals surface area contributed by atoms with Gasteiger partial charge in [0.15, 0.2) is 5.96 Å². The van der Waals surface area contributed by atoms with E-state index in [1.807, 2.05) is 23.1 Å². The standard InChI is InChI=1S/C20H31N5.HI/c1-5-21-19(22-13-11-20(2,3)4)23-15-17-9-6-7-10-18(17)16-25-14-8-12-24-25;/h6-10,12,14H,5,11,13,15-16H2,1-4H3,(H2,21,22,23);1H. The molecule has 6 heteroatoms. The van der Waals surface area contributed by atoms with E-state index in [1.54, 1.807) is 0 Å². The zero-order valence-corrected chi connectivity index (χ0v) is 18.7. The van der Waals surface area contributed by atoms with Crippen LogP contribution in [0.4, 0.5) is 0 Å². The number of halogens is 1. The third-order valence-corrected chi connectivity index (χ3v) is 3.93. The molecule has 0 radical (unpaired) electrons.